The number of hydrogen-bond donors (Lipinski definition) is 1. The first-order valence-electron chi connectivity index (χ1n) is 13.7. The monoisotopic (exact) mass is 541 g/mol. The summed E-state index contributed by atoms with van der Waals surface area (Å²) in [5.74, 6) is 0.121. The van der Waals surface area contributed by atoms with Gasteiger partial charge in [0.2, 0.25) is 11.8 Å². The molecule has 0 saturated carbocycles. The molecule has 3 aromatic carbocycles. The Hall–Kier alpha value is -4.24. The van der Waals surface area contributed by atoms with Crippen LogP contribution in [0.3, 0.4) is 0 Å². The summed E-state index contributed by atoms with van der Waals surface area (Å²) in [5.41, 5.74) is 4.37. The first kappa shape index (κ1) is 27.3. The minimum atomic E-state index is -0.872. The van der Waals surface area contributed by atoms with Gasteiger partial charge in [-0.25, -0.2) is 4.68 Å². The molecular formula is C31H35N5O4. The number of carbonyl (C=O) groups excluding carboxylic acids is 2. The molecule has 208 valence electrons. The Labute approximate surface area is 234 Å². The van der Waals surface area contributed by atoms with E-state index in [1.54, 1.807) is 16.7 Å². The number of ether oxygens (including phenoxy) is 2. The van der Waals surface area contributed by atoms with Crippen LogP contribution in [0.1, 0.15) is 35.6 Å². The number of amides is 2. The molecule has 0 spiro atoms. The molecule has 2 heterocycles. The number of nitrogens with zero attached hydrogens (tertiary/aromatic N) is 4. The first-order chi connectivity index (χ1) is 19.5. The second kappa shape index (κ2) is 12.7. The summed E-state index contributed by atoms with van der Waals surface area (Å²) in [4.78, 5) is 29.6. The molecule has 9 heteroatoms. The standard InChI is InChI=1S/C31H35N5O4/c1-22-8-5-9-23(18-22)15-16-35(29(37)21-36-28-14-4-3-13-27(28)33-34-36)30(24-10-6-11-25(19-24)39-2)31(38)32-20-26-12-7-17-40-26/h3-6,8-11,13-14,18-19,26,30H,7,12,15-17,20-21H2,1-2H3,(H,32,38). The largest absolute Gasteiger partial charge is 0.497 e. The van der Waals surface area contributed by atoms with Gasteiger partial charge >= 0.3 is 0 Å². The Morgan fingerprint density at radius 3 is 2.77 bits per heavy atom. The number of benzene rings is 3. The van der Waals surface area contributed by atoms with Gasteiger partial charge < -0.3 is 19.7 Å². The fourth-order valence-corrected chi connectivity index (χ4v) is 5.17. The predicted molar refractivity (Wildman–Crippen MR) is 152 cm³/mol. The van der Waals surface area contributed by atoms with Crippen molar-refractivity contribution in [3.63, 3.8) is 0 Å². The zero-order chi connectivity index (χ0) is 27.9. The van der Waals surface area contributed by atoms with Crippen LogP contribution in [0.15, 0.2) is 72.8 Å². The minimum Gasteiger partial charge on any atom is -0.497 e. The molecule has 40 heavy (non-hydrogen) atoms. The van der Waals surface area contributed by atoms with Gasteiger partial charge in [0.25, 0.3) is 0 Å². The SMILES string of the molecule is COc1cccc(C(C(=O)NCC2CCCO2)N(CCc2cccc(C)c2)C(=O)Cn2nnc3ccccc32)c1. The van der Waals surface area contributed by atoms with E-state index in [9.17, 15) is 9.59 Å². The fourth-order valence-electron chi connectivity index (χ4n) is 5.17. The minimum absolute atomic E-state index is 0.0205. The topological polar surface area (TPSA) is 98.6 Å². The van der Waals surface area contributed by atoms with Crippen LogP contribution in [0.25, 0.3) is 11.0 Å². The zero-order valence-corrected chi connectivity index (χ0v) is 23.0. The van der Waals surface area contributed by atoms with Crippen LogP contribution in [0.2, 0.25) is 0 Å². The number of para-hydroxylation sites is 1. The summed E-state index contributed by atoms with van der Waals surface area (Å²) in [6, 6.07) is 22.2. The first-order valence-corrected chi connectivity index (χ1v) is 13.7. The number of fused-ring (bicyclic) bond motifs is 1. The molecule has 0 bridgehead atoms. The lowest BCUT2D eigenvalue weighted by molar-refractivity contribution is -0.141. The van der Waals surface area contributed by atoms with Crippen molar-refractivity contribution in [3.05, 3.63) is 89.5 Å². The smallest absolute Gasteiger partial charge is 0.247 e. The van der Waals surface area contributed by atoms with Gasteiger partial charge in [0.05, 0.1) is 18.7 Å². The molecule has 2 unspecified atom stereocenters. The third-order valence-electron chi connectivity index (χ3n) is 7.25. The van der Waals surface area contributed by atoms with Gasteiger partial charge in [0.1, 0.15) is 23.9 Å². The van der Waals surface area contributed by atoms with Crippen LogP contribution in [-0.2, 0) is 27.3 Å². The van der Waals surface area contributed by atoms with E-state index in [0.717, 1.165) is 29.5 Å². The van der Waals surface area contributed by atoms with Crippen molar-refractivity contribution in [3.8, 4) is 5.75 Å². The molecule has 2 atom stereocenters. The number of rotatable bonds is 11. The van der Waals surface area contributed by atoms with Gasteiger partial charge in [-0.05, 0) is 61.6 Å². The van der Waals surface area contributed by atoms with Crippen LogP contribution in [0, 0.1) is 6.92 Å². The average molecular weight is 542 g/mol. The summed E-state index contributed by atoms with van der Waals surface area (Å²) in [6.45, 7) is 3.43. The summed E-state index contributed by atoms with van der Waals surface area (Å²) in [7, 11) is 1.59. The maximum atomic E-state index is 14.1. The van der Waals surface area contributed by atoms with E-state index in [4.69, 9.17) is 9.47 Å². The van der Waals surface area contributed by atoms with Crippen LogP contribution in [0.5, 0.6) is 5.75 Å². The molecule has 1 fully saturated rings. The third kappa shape index (κ3) is 6.48. The van der Waals surface area contributed by atoms with E-state index in [1.165, 1.54) is 0 Å². The van der Waals surface area contributed by atoms with Crippen LogP contribution in [0.4, 0.5) is 0 Å². The van der Waals surface area contributed by atoms with Gasteiger partial charge in [0, 0.05) is 19.7 Å². The molecule has 1 saturated heterocycles. The molecule has 1 aromatic heterocycles. The molecule has 0 aliphatic carbocycles. The Bertz CT molecular complexity index is 1460. The number of carbonyl (C=O) groups is 2. The number of nitrogens with one attached hydrogen (secondary N) is 1. The Morgan fingerprint density at radius 2 is 1.98 bits per heavy atom. The Balaban J connectivity index is 1.48. The highest BCUT2D eigenvalue weighted by molar-refractivity contribution is 5.89. The lowest BCUT2D eigenvalue weighted by Gasteiger charge is -2.32. The van der Waals surface area contributed by atoms with Gasteiger partial charge in [-0.3, -0.25) is 9.59 Å². The molecule has 1 aliphatic rings. The summed E-state index contributed by atoms with van der Waals surface area (Å²) in [5, 5.41) is 11.5. The van der Waals surface area contributed by atoms with E-state index in [2.05, 4.69) is 21.7 Å². The Kier molecular flexibility index (Phi) is 8.71. The second-order valence-electron chi connectivity index (χ2n) is 10.1. The predicted octanol–water partition coefficient (Wildman–Crippen LogP) is 3.86. The van der Waals surface area contributed by atoms with Crippen molar-refractivity contribution in [1.29, 1.82) is 0 Å². The van der Waals surface area contributed by atoms with E-state index < -0.39 is 6.04 Å². The fraction of sp³-hybridized carbons (Fsp3) is 0.355. The van der Waals surface area contributed by atoms with E-state index in [0.29, 0.717) is 42.9 Å². The quantitative estimate of drug-likeness (QED) is 0.310. The van der Waals surface area contributed by atoms with Gasteiger partial charge in [0.15, 0.2) is 0 Å². The summed E-state index contributed by atoms with van der Waals surface area (Å²) >= 11 is 0. The van der Waals surface area contributed by atoms with E-state index in [-0.39, 0.29) is 24.5 Å². The van der Waals surface area contributed by atoms with Crippen molar-refractivity contribution < 1.29 is 19.1 Å². The molecule has 0 radical (unpaired) electrons. The normalized spacial score (nSPS) is 15.6. The van der Waals surface area contributed by atoms with Crippen molar-refractivity contribution in [2.45, 2.75) is 44.9 Å². The number of hydrogen-bond acceptors (Lipinski definition) is 6. The average Bonchev–Trinajstić information content (AvgIpc) is 3.64. The summed E-state index contributed by atoms with van der Waals surface area (Å²) < 4.78 is 12.8. The number of aryl methyl sites for hydroxylation is 1. The van der Waals surface area contributed by atoms with Crippen molar-refractivity contribution in [1.82, 2.24) is 25.2 Å². The molecular weight excluding hydrogens is 506 g/mol. The van der Waals surface area contributed by atoms with Crippen LogP contribution in [-0.4, -0.2) is 64.6 Å². The van der Waals surface area contributed by atoms with Gasteiger partial charge in [-0.2, -0.15) is 0 Å². The number of aromatic nitrogens is 3. The third-order valence-corrected chi connectivity index (χ3v) is 7.25. The highest BCUT2D eigenvalue weighted by Crippen LogP contribution is 2.27. The molecule has 5 rings (SSSR count). The van der Waals surface area contributed by atoms with Gasteiger partial charge in [-0.1, -0.05) is 59.3 Å². The van der Waals surface area contributed by atoms with E-state index >= 15 is 0 Å². The molecule has 1 N–H and O–H groups in total. The molecule has 1 aliphatic heterocycles. The molecule has 9 nitrogen and oxygen atoms in total. The maximum Gasteiger partial charge on any atom is 0.247 e. The second-order valence-corrected chi connectivity index (χ2v) is 10.1. The van der Waals surface area contributed by atoms with Crippen molar-refractivity contribution >= 4 is 22.8 Å². The highest BCUT2D eigenvalue weighted by atomic mass is 16.5. The van der Waals surface area contributed by atoms with Crippen LogP contribution < -0.4 is 10.1 Å². The molecule has 4 aromatic rings. The summed E-state index contributed by atoms with van der Waals surface area (Å²) in [6.07, 6.45) is 2.45. The lowest BCUT2D eigenvalue weighted by Crippen LogP contribution is -2.47. The number of methoxy groups -OCH3 is 1. The van der Waals surface area contributed by atoms with Crippen molar-refractivity contribution in [2.24, 2.45) is 0 Å². The maximum absolute atomic E-state index is 14.1. The zero-order valence-electron chi connectivity index (χ0n) is 23.0. The molecule has 2 amide bonds. The lowest BCUT2D eigenvalue weighted by atomic mass is 10.0. The van der Waals surface area contributed by atoms with E-state index in [1.807, 2.05) is 73.7 Å². The van der Waals surface area contributed by atoms with Crippen molar-refractivity contribution in [2.75, 3.05) is 26.8 Å². The van der Waals surface area contributed by atoms with Gasteiger partial charge in [-0.15, -0.1) is 5.10 Å². The van der Waals surface area contributed by atoms with Crippen LogP contribution >= 0.6 is 0 Å². The Morgan fingerprint density at radius 1 is 1.12 bits per heavy atom. The highest BCUT2D eigenvalue weighted by Gasteiger charge is 2.33.